The molecule has 0 rings (SSSR count). The summed E-state index contributed by atoms with van der Waals surface area (Å²) in [5.41, 5.74) is 9.94. The average Bonchev–Trinajstić information content (AvgIpc) is 2.24. The number of nitrogens with two attached hydrogens (primary N) is 1. The van der Waals surface area contributed by atoms with Crippen LogP contribution in [0.15, 0.2) is 26.7 Å². The summed E-state index contributed by atoms with van der Waals surface area (Å²) >= 11 is 0. The summed E-state index contributed by atoms with van der Waals surface area (Å²) in [6.07, 6.45) is 0.734. The van der Waals surface area contributed by atoms with E-state index in [0.29, 0.717) is 5.84 Å². The first kappa shape index (κ1) is 13.6. The molecule has 0 aliphatic carbocycles. The number of rotatable bonds is 5. The highest BCUT2D eigenvalue weighted by atomic mass is 15.7. The number of hydrogen-bond donors (Lipinski definition) is 2. The SMILES string of the molecule is CC/C(N)=N\C(C)=C(C)N=NN(C)NC. The van der Waals surface area contributed by atoms with Gasteiger partial charge in [0.1, 0.15) is 0 Å². The van der Waals surface area contributed by atoms with Crippen molar-refractivity contribution in [3.63, 3.8) is 0 Å². The van der Waals surface area contributed by atoms with E-state index in [1.54, 1.807) is 14.1 Å². The molecule has 0 atom stereocenters. The van der Waals surface area contributed by atoms with Gasteiger partial charge in [-0.05, 0) is 13.8 Å². The van der Waals surface area contributed by atoms with Gasteiger partial charge < -0.3 is 5.73 Å². The lowest BCUT2D eigenvalue weighted by Gasteiger charge is -2.07. The highest BCUT2D eigenvalue weighted by Gasteiger charge is 1.95. The summed E-state index contributed by atoms with van der Waals surface area (Å²) in [4.78, 5) is 4.18. The second-order valence-corrected chi connectivity index (χ2v) is 3.06. The standard InChI is InChI=1S/C9H20N6/c1-6-9(10)12-7(2)8(3)13-14-15(5)11-4/h11H,6H2,1-5H3,(H2,10,12). The molecule has 0 saturated carbocycles. The third kappa shape index (κ3) is 5.79. The molecule has 0 spiro atoms. The predicted octanol–water partition coefficient (Wildman–Crippen LogP) is 1.44. The molecule has 0 amide bonds. The zero-order chi connectivity index (χ0) is 11.8. The Kier molecular flexibility index (Phi) is 6.28. The number of nitrogens with zero attached hydrogens (tertiary/aromatic N) is 4. The van der Waals surface area contributed by atoms with E-state index in [-0.39, 0.29) is 0 Å². The minimum absolute atomic E-state index is 0.601. The second kappa shape index (κ2) is 6.94. The van der Waals surface area contributed by atoms with E-state index in [1.807, 2.05) is 20.8 Å². The molecule has 15 heavy (non-hydrogen) atoms. The van der Waals surface area contributed by atoms with Gasteiger partial charge in [0.05, 0.1) is 17.2 Å². The smallest absolute Gasteiger partial charge is 0.0990 e. The molecule has 0 radical (unpaired) electrons. The normalized spacial score (nSPS) is 14.3. The molecular formula is C9H20N6. The molecule has 0 aliphatic heterocycles. The number of hydrogen-bond acceptors (Lipinski definition) is 4. The van der Waals surface area contributed by atoms with Gasteiger partial charge in [-0.3, -0.25) is 0 Å². The van der Waals surface area contributed by atoms with E-state index in [2.05, 4.69) is 20.8 Å². The van der Waals surface area contributed by atoms with E-state index >= 15 is 0 Å². The van der Waals surface area contributed by atoms with Crippen molar-refractivity contribution < 1.29 is 0 Å². The highest BCUT2D eigenvalue weighted by molar-refractivity contribution is 5.80. The quantitative estimate of drug-likeness (QED) is 0.313. The van der Waals surface area contributed by atoms with Crippen LogP contribution in [0.4, 0.5) is 0 Å². The molecule has 6 nitrogen and oxygen atoms in total. The molecule has 3 N–H and O–H groups in total. The maximum absolute atomic E-state index is 5.61. The Morgan fingerprint density at radius 2 is 1.93 bits per heavy atom. The highest BCUT2D eigenvalue weighted by Crippen LogP contribution is 2.07. The number of allylic oxidation sites excluding steroid dienone is 2. The van der Waals surface area contributed by atoms with Crippen molar-refractivity contribution in [2.45, 2.75) is 27.2 Å². The monoisotopic (exact) mass is 212 g/mol. The summed E-state index contributed by atoms with van der Waals surface area (Å²) in [5, 5.41) is 9.37. The van der Waals surface area contributed by atoms with Gasteiger partial charge in [0.2, 0.25) is 0 Å². The average molecular weight is 212 g/mol. The van der Waals surface area contributed by atoms with Crippen LogP contribution in [0.1, 0.15) is 27.2 Å². The van der Waals surface area contributed by atoms with Gasteiger partial charge in [-0.1, -0.05) is 12.1 Å². The van der Waals surface area contributed by atoms with Gasteiger partial charge in [0.15, 0.2) is 0 Å². The van der Waals surface area contributed by atoms with Crippen molar-refractivity contribution in [1.29, 1.82) is 0 Å². The van der Waals surface area contributed by atoms with Gasteiger partial charge in [-0.15, -0.1) is 5.11 Å². The Morgan fingerprint density at radius 1 is 1.33 bits per heavy atom. The van der Waals surface area contributed by atoms with E-state index < -0.39 is 0 Å². The minimum atomic E-state index is 0.601. The molecule has 0 aliphatic rings. The van der Waals surface area contributed by atoms with Crippen LogP contribution in [0.5, 0.6) is 0 Å². The number of amidine groups is 1. The van der Waals surface area contributed by atoms with Gasteiger partial charge in [0.25, 0.3) is 0 Å². The van der Waals surface area contributed by atoms with Gasteiger partial charge in [-0.2, -0.15) is 0 Å². The first-order valence-electron chi connectivity index (χ1n) is 4.84. The largest absolute Gasteiger partial charge is 0.387 e. The van der Waals surface area contributed by atoms with Gasteiger partial charge >= 0.3 is 0 Å². The van der Waals surface area contributed by atoms with Crippen molar-refractivity contribution in [1.82, 2.24) is 10.5 Å². The zero-order valence-electron chi connectivity index (χ0n) is 10.1. The molecule has 0 aromatic heterocycles. The van der Waals surface area contributed by atoms with Crippen LogP contribution in [-0.2, 0) is 0 Å². The minimum Gasteiger partial charge on any atom is -0.387 e. The molecule has 0 saturated heterocycles. The second-order valence-electron chi connectivity index (χ2n) is 3.06. The molecule has 0 unspecified atom stereocenters. The lowest BCUT2D eigenvalue weighted by molar-refractivity contribution is 0.254. The van der Waals surface area contributed by atoms with E-state index in [1.165, 1.54) is 5.12 Å². The Morgan fingerprint density at radius 3 is 2.40 bits per heavy atom. The fraction of sp³-hybridized carbons (Fsp3) is 0.667. The summed E-state index contributed by atoms with van der Waals surface area (Å²) < 4.78 is 0. The predicted molar refractivity (Wildman–Crippen MR) is 62.0 cm³/mol. The topological polar surface area (TPSA) is 78.4 Å². The van der Waals surface area contributed by atoms with Crippen LogP contribution in [0.2, 0.25) is 0 Å². The van der Waals surface area contributed by atoms with Gasteiger partial charge in [-0.25, -0.2) is 15.5 Å². The molecule has 0 aromatic rings. The van der Waals surface area contributed by atoms with Crippen LogP contribution < -0.4 is 11.2 Å². The third-order valence-electron chi connectivity index (χ3n) is 1.85. The van der Waals surface area contributed by atoms with Crippen LogP contribution in [0.25, 0.3) is 0 Å². The fourth-order valence-electron chi connectivity index (χ4n) is 0.627. The van der Waals surface area contributed by atoms with E-state index in [9.17, 15) is 0 Å². The maximum Gasteiger partial charge on any atom is 0.0990 e. The first-order valence-corrected chi connectivity index (χ1v) is 4.84. The summed E-state index contributed by atoms with van der Waals surface area (Å²) in [7, 11) is 3.52. The summed E-state index contributed by atoms with van der Waals surface area (Å²) in [6.45, 7) is 5.66. The van der Waals surface area contributed by atoms with Crippen molar-refractivity contribution in [3.8, 4) is 0 Å². The molecule has 0 aromatic carbocycles. The molecule has 0 bridgehead atoms. The summed E-state index contributed by atoms with van der Waals surface area (Å²) in [5.74, 6) is 0.601. The zero-order valence-corrected chi connectivity index (χ0v) is 10.1. The molecule has 0 heterocycles. The van der Waals surface area contributed by atoms with Crippen molar-refractivity contribution >= 4 is 5.84 Å². The van der Waals surface area contributed by atoms with Crippen molar-refractivity contribution in [2.75, 3.05) is 14.1 Å². The first-order chi connectivity index (χ1) is 7.01. The lowest BCUT2D eigenvalue weighted by atomic mass is 10.4. The molecule has 86 valence electrons. The molecular weight excluding hydrogens is 192 g/mol. The Balaban J connectivity index is 4.59. The van der Waals surface area contributed by atoms with Crippen molar-refractivity contribution in [3.05, 3.63) is 11.4 Å². The fourth-order valence-corrected chi connectivity index (χ4v) is 0.627. The van der Waals surface area contributed by atoms with Crippen LogP contribution >= 0.6 is 0 Å². The van der Waals surface area contributed by atoms with E-state index in [0.717, 1.165) is 17.8 Å². The lowest BCUT2D eigenvalue weighted by Crippen LogP contribution is -2.24. The maximum atomic E-state index is 5.61. The van der Waals surface area contributed by atoms with Crippen LogP contribution in [-0.4, -0.2) is 25.0 Å². The van der Waals surface area contributed by atoms with Crippen LogP contribution in [0.3, 0.4) is 0 Å². The third-order valence-corrected chi connectivity index (χ3v) is 1.85. The van der Waals surface area contributed by atoms with Crippen molar-refractivity contribution in [2.24, 2.45) is 21.1 Å². The Bertz CT molecular complexity index is 278. The number of aliphatic imine (C=N–C) groups is 1. The van der Waals surface area contributed by atoms with Crippen LogP contribution in [0, 0.1) is 0 Å². The van der Waals surface area contributed by atoms with Gasteiger partial charge in [0, 0.05) is 20.5 Å². The molecule has 6 heteroatoms. The van der Waals surface area contributed by atoms with E-state index in [4.69, 9.17) is 5.73 Å². The summed E-state index contributed by atoms with van der Waals surface area (Å²) in [6, 6.07) is 0. The Labute approximate surface area is 90.9 Å². The molecule has 0 fully saturated rings. The Hall–Kier alpha value is -1.43. The number of hydrazine groups is 1. The number of nitrogens with one attached hydrogen (secondary N) is 1.